The molecule has 29 heavy (non-hydrogen) atoms. The molecule has 2 N–H and O–H groups in total. The topological polar surface area (TPSA) is 63.5 Å². The second kappa shape index (κ2) is 9.15. The van der Waals surface area contributed by atoms with E-state index < -0.39 is 0 Å². The molecule has 0 aliphatic rings. The molecule has 0 radical (unpaired) electrons. The lowest BCUT2D eigenvalue weighted by Crippen LogP contribution is -2.35. The number of furan rings is 1. The van der Waals surface area contributed by atoms with Gasteiger partial charge in [0.1, 0.15) is 12.4 Å². The molecule has 0 unspecified atom stereocenters. The van der Waals surface area contributed by atoms with E-state index in [0.717, 1.165) is 11.3 Å². The lowest BCUT2D eigenvalue weighted by atomic mass is 10.0. The molecule has 0 atom stereocenters. The van der Waals surface area contributed by atoms with E-state index in [9.17, 15) is 4.79 Å². The fourth-order valence-corrected chi connectivity index (χ4v) is 2.87. The maximum atomic E-state index is 12.3. The number of carbonyl (C=O) groups is 1. The van der Waals surface area contributed by atoms with Crippen LogP contribution in [0, 0.1) is 6.92 Å². The summed E-state index contributed by atoms with van der Waals surface area (Å²) in [5, 5.41) is 0. The number of aryl methyl sites for hydroxylation is 1. The van der Waals surface area contributed by atoms with E-state index in [1.807, 2.05) is 12.1 Å². The molecule has 150 valence electrons. The Balaban J connectivity index is 1.57. The maximum Gasteiger partial charge on any atom is 0.269 e. The van der Waals surface area contributed by atoms with Crippen LogP contribution in [0.25, 0.3) is 5.70 Å². The number of hydrazine groups is 1. The number of hydrogen-bond donors (Lipinski definition) is 2. The highest BCUT2D eigenvalue weighted by molar-refractivity contribution is 5.94. The van der Waals surface area contributed by atoms with Crippen molar-refractivity contribution < 1.29 is 13.9 Å². The molecule has 0 saturated carbocycles. The summed E-state index contributed by atoms with van der Waals surface area (Å²) in [6.45, 7) is 10.6. The Kier molecular flexibility index (Phi) is 6.39. The molecule has 2 aromatic carbocycles. The van der Waals surface area contributed by atoms with Gasteiger partial charge in [-0.05, 0) is 59.9 Å². The molecule has 5 heteroatoms. The number of nitrogens with one attached hydrogen (secondary N) is 2. The molecular weight excluding hydrogens is 364 g/mol. The fraction of sp³-hybridized carbons (Fsp3) is 0.208. The molecule has 0 aliphatic carbocycles. The van der Waals surface area contributed by atoms with Crippen molar-refractivity contribution in [2.45, 2.75) is 33.3 Å². The Labute approximate surface area is 171 Å². The average Bonchev–Trinajstić information content (AvgIpc) is 3.25. The maximum absolute atomic E-state index is 12.3. The number of ether oxygens (including phenoxy) is 1. The van der Waals surface area contributed by atoms with Gasteiger partial charge < -0.3 is 9.15 Å². The van der Waals surface area contributed by atoms with Gasteiger partial charge in [0.05, 0.1) is 12.0 Å². The van der Waals surface area contributed by atoms with Gasteiger partial charge >= 0.3 is 0 Å². The predicted molar refractivity (Wildman–Crippen MR) is 114 cm³/mol. The minimum Gasteiger partial charge on any atom is -0.489 e. The lowest BCUT2D eigenvalue weighted by Gasteiger charge is -2.15. The number of carbonyl (C=O) groups excluding carboxylic acids is 1. The summed E-state index contributed by atoms with van der Waals surface area (Å²) in [4.78, 5) is 12.3. The second-order valence-corrected chi connectivity index (χ2v) is 7.22. The first-order valence-electron chi connectivity index (χ1n) is 9.55. The number of amides is 1. The van der Waals surface area contributed by atoms with E-state index in [2.05, 4.69) is 56.4 Å². The summed E-state index contributed by atoms with van der Waals surface area (Å²) in [5.41, 5.74) is 9.73. The molecule has 0 aliphatic heterocycles. The van der Waals surface area contributed by atoms with Crippen LogP contribution in [0.5, 0.6) is 5.75 Å². The molecule has 0 fully saturated rings. The first kappa shape index (κ1) is 20.3. The first-order chi connectivity index (χ1) is 13.9. The van der Waals surface area contributed by atoms with E-state index in [1.165, 1.54) is 11.1 Å². The first-order valence-corrected chi connectivity index (χ1v) is 9.55. The predicted octanol–water partition coefficient (Wildman–Crippen LogP) is 5.20. The van der Waals surface area contributed by atoms with Crippen molar-refractivity contribution in [1.29, 1.82) is 0 Å². The molecule has 1 aromatic heterocycles. The normalized spacial score (nSPS) is 10.6. The van der Waals surface area contributed by atoms with Crippen LogP contribution in [0.1, 0.15) is 52.6 Å². The van der Waals surface area contributed by atoms with Crippen molar-refractivity contribution in [2.24, 2.45) is 0 Å². The van der Waals surface area contributed by atoms with Crippen molar-refractivity contribution in [3.05, 3.63) is 95.5 Å². The zero-order valence-corrected chi connectivity index (χ0v) is 17.0. The van der Waals surface area contributed by atoms with Gasteiger partial charge in [0.2, 0.25) is 0 Å². The summed E-state index contributed by atoms with van der Waals surface area (Å²) in [7, 11) is 0. The van der Waals surface area contributed by atoms with Crippen LogP contribution in [-0.2, 0) is 6.61 Å². The van der Waals surface area contributed by atoms with Crippen LogP contribution in [0.15, 0.2) is 71.9 Å². The molecule has 1 heterocycles. The second-order valence-electron chi connectivity index (χ2n) is 7.22. The Morgan fingerprint density at radius 1 is 1.10 bits per heavy atom. The molecule has 0 saturated heterocycles. The number of rotatable bonds is 8. The Bertz CT molecular complexity index is 974. The molecule has 3 rings (SSSR count). The molecule has 1 amide bonds. The van der Waals surface area contributed by atoms with Gasteiger partial charge in [-0.1, -0.05) is 44.7 Å². The van der Waals surface area contributed by atoms with Crippen LogP contribution in [0.3, 0.4) is 0 Å². The average molecular weight is 390 g/mol. The summed E-state index contributed by atoms with van der Waals surface area (Å²) in [6.07, 6.45) is 1.55. The van der Waals surface area contributed by atoms with Gasteiger partial charge in [-0.15, -0.1) is 0 Å². The molecule has 3 aromatic rings. The van der Waals surface area contributed by atoms with E-state index >= 15 is 0 Å². The zero-order chi connectivity index (χ0) is 20.8. The standard InChI is InChI=1S/C24H26N2O3/c1-16(2)21-12-7-17(3)14-23(21)29-15-19-8-10-20(11-9-19)24(27)26-25-18(4)22-6-5-13-28-22/h5-14,16,25H,4,15H2,1-3H3,(H,26,27). The molecular formula is C24H26N2O3. The van der Waals surface area contributed by atoms with Crippen molar-refractivity contribution >= 4 is 11.6 Å². The Morgan fingerprint density at radius 2 is 1.86 bits per heavy atom. The minimum absolute atomic E-state index is 0.258. The number of benzene rings is 2. The molecule has 0 spiro atoms. The summed E-state index contributed by atoms with van der Waals surface area (Å²) in [5.74, 6) is 1.60. The van der Waals surface area contributed by atoms with Crippen LogP contribution in [0.4, 0.5) is 0 Å². The van der Waals surface area contributed by atoms with Gasteiger partial charge in [0.15, 0.2) is 5.76 Å². The highest BCUT2D eigenvalue weighted by atomic mass is 16.5. The van der Waals surface area contributed by atoms with Gasteiger partial charge in [-0.2, -0.15) is 0 Å². The monoisotopic (exact) mass is 390 g/mol. The van der Waals surface area contributed by atoms with Crippen LogP contribution < -0.4 is 15.6 Å². The van der Waals surface area contributed by atoms with Crippen molar-refractivity contribution in [3.8, 4) is 5.75 Å². The Hall–Kier alpha value is -3.47. The largest absolute Gasteiger partial charge is 0.489 e. The third-order valence-corrected chi connectivity index (χ3v) is 4.55. The van der Waals surface area contributed by atoms with Crippen LogP contribution in [-0.4, -0.2) is 5.91 Å². The third-order valence-electron chi connectivity index (χ3n) is 4.55. The minimum atomic E-state index is -0.258. The van der Waals surface area contributed by atoms with E-state index in [4.69, 9.17) is 9.15 Å². The fourth-order valence-electron chi connectivity index (χ4n) is 2.87. The van der Waals surface area contributed by atoms with Crippen LogP contribution >= 0.6 is 0 Å². The van der Waals surface area contributed by atoms with E-state index in [-0.39, 0.29) is 5.91 Å². The van der Waals surface area contributed by atoms with Gasteiger partial charge in [0.25, 0.3) is 5.91 Å². The zero-order valence-electron chi connectivity index (χ0n) is 17.0. The SMILES string of the molecule is C=C(NNC(=O)c1ccc(COc2cc(C)ccc2C(C)C)cc1)c1ccco1. The summed E-state index contributed by atoms with van der Waals surface area (Å²) >= 11 is 0. The third kappa shape index (κ3) is 5.29. The highest BCUT2D eigenvalue weighted by Crippen LogP contribution is 2.28. The van der Waals surface area contributed by atoms with E-state index in [1.54, 1.807) is 30.5 Å². The summed E-state index contributed by atoms with van der Waals surface area (Å²) < 4.78 is 11.3. The Morgan fingerprint density at radius 3 is 2.52 bits per heavy atom. The highest BCUT2D eigenvalue weighted by Gasteiger charge is 2.10. The van der Waals surface area contributed by atoms with Crippen LogP contribution in [0.2, 0.25) is 0 Å². The van der Waals surface area contributed by atoms with E-state index in [0.29, 0.717) is 29.5 Å². The smallest absolute Gasteiger partial charge is 0.269 e. The number of hydrogen-bond acceptors (Lipinski definition) is 4. The van der Waals surface area contributed by atoms with Crippen molar-refractivity contribution in [1.82, 2.24) is 10.9 Å². The van der Waals surface area contributed by atoms with Gasteiger partial charge in [-0.25, -0.2) is 0 Å². The van der Waals surface area contributed by atoms with Gasteiger partial charge in [0, 0.05) is 5.56 Å². The van der Waals surface area contributed by atoms with Crippen molar-refractivity contribution in [2.75, 3.05) is 0 Å². The lowest BCUT2D eigenvalue weighted by molar-refractivity contribution is 0.0942. The molecule has 5 nitrogen and oxygen atoms in total. The summed E-state index contributed by atoms with van der Waals surface area (Å²) in [6, 6.07) is 17.1. The quantitative estimate of drug-likeness (QED) is 0.519. The van der Waals surface area contributed by atoms with Gasteiger partial charge in [-0.3, -0.25) is 15.6 Å². The van der Waals surface area contributed by atoms with Crippen molar-refractivity contribution in [3.63, 3.8) is 0 Å². The molecule has 0 bridgehead atoms.